The molecule has 88 valence electrons. The largest absolute Gasteiger partial charge is 0.330 e. The van der Waals surface area contributed by atoms with Crippen LogP contribution in [0.3, 0.4) is 0 Å². The minimum atomic E-state index is -0.439. The second-order valence-corrected chi connectivity index (χ2v) is 3.59. The van der Waals surface area contributed by atoms with Crippen molar-refractivity contribution >= 4 is 0 Å². The molecule has 0 atom stereocenters. The maximum atomic E-state index is 13.5. The van der Waals surface area contributed by atoms with Crippen molar-refractivity contribution in [2.24, 2.45) is 5.73 Å². The van der Waals surface area contributed by atoms with E-state index < -0.39 is 5.82 Å². The van der Waals surface area contributed by atoms with Gasteiger partial charge in [-0.15, -0.1) is 0 Å². The van der Waals surface area contributed by atoms with Gasteiger partial charge in [0, 0.05) is 18.2 Å². The number of nitrogens with one attached hydrogen (secondary N) is 1. The Kier molecular flexibility index (Phi) is 3.30. The lowest BCUT2D eigenvalue weighted by molar-refractivity contribution is 0.631. The first-order chi connectivity index (χ1) is 8.22. The van der Waals surface area contributed by atoms with E-state index in [1.54, 1.807) is 18.2 Å². The number of nitrogens with zero attached hydrogens (tertiary/aromatic N) is 1. The highest BCUT2D eigenvalue weighted by atomic mass is 19.1. The Bertz CT molecular complexity index is 580. The molecule has 0 radical (unpaired) electrons. The highest BCUT2D eigenvalue weighted by molar-refractivity contribution is 5.61. The van der Waals surface area contributed by atoms with Crippen LogP contribution in [-0.4, -0.2) is 16.5 Å². The van der Waals surface area contributed by atoms with Crippen LogP contribution in [-0.2, 0) is 6.42 Å². The van der Waals surface area contributed by atoms with E-state index in [0.29, 0.717) is 18.8 Å². The van der Waals surface area contributed by atoms with E-state index in [-0.39, 0.29) is 16.7 Å². The molecule has 0 spiro atoms. The van der Waals surface area contributed by atoms with Crippen molar-refractivity contribution in [2.45, 2.75) is 6.42 Å². The summed E-state index contributed by atoms with van der Waals surface area (Å²) in [6.45, 7) is 0.405. The molecule has 17 heavy (non-hydrogen) atoms. The molecular formula is C12H12FN3O. The van der Waals surface area contributed by atoms with E-state index in [2.05, 4.69) is 9.97 Å². The second-order valence-electron chi connectivity index (χ2n) is 3.59. The molecule has 5 heteroatoms. The van der Waals surface area contributed by atoms with Crippen molar-refractivity contribution < 1.29 is 4.39 Å². The van der Waals surface area contributed by atoms with Crippen LogP contribution in [0.4, 0.5) is 4.39 Å². The first kappa shape index (κ1) is 11.5. The van der Waals surface area contributed by atoms with Crippen LogP contribution in [0.1, 0.15) is 5.82 Å². The van der Waals surface area contributed by atoms with E-state index in [0.717, 1.165) is 0 Å². The fraction of sp³-hybridized carbons (Fsp3) is 0.167. The van der Waals surface area contributed by atoms with Gasteiger partial charge in [-0.3, -0.25) is 4.79 Å². The molecule has 0 unspecified atom stereocenters. The smallest absolute Gasteiger partial charge is 0.258 e. The minimum Gasteiger partial charge on any atom is -0.330 e. The van der Waals surface area contributed by atoms with Crippen molar-refractivity contribution in [1.82, 2.24) is 9.97 Å². The third kappa shape index (κ3) is 2.39. The molecule has 3 N–H and O–H groups in total. The monoisotopic (exact) mass is 233 g/mol. The predicted molar refractivity (Wildman–Crippen MR) is 63.0 cm³/mol. The number of halogens is 1. The maximum Gasteiger partial charge on any atom is 0.258 e. The Morgan fingerprint density at radius 2 is 2.06 bits per heavy atom. The molecule has 0 saturated heterocycles. The molecule has 1 aromatic heterocycles. The van der Waals surface area contributed by atoms with Crippen LogP contribution in [0.15, 0.2) is 35.3 Å². The molecule has 0 bridgehead atoms. The lowest BCUT2D eigenvalue weighted by Gasteiger charge is -2.03. The fourth-order valence-electron chi connectivity index (χ4n) is 1.57. The summed E-state index contributed by atoms with van der Waals surface area (Å²) in [6.07, 6.45) is 1.87. The van der Waals surface area contributed by atoms with E-state index in [9.17, 15) is 9.18 Å². The van der Waals surface area contributed by atoms with Crippen molar-refractivity contribution in [3.8, 4) is 11.1 Å². The first-order valence-corrected chi connectivity index (χ1v) is 5.25. The van der Waals surface area contributed by atoms with Crippen LogP contribution in [0.5, 0.6) is 0 Å². The summed E-state index contributed by atoms with van der Waals surface area (Å²) in [5.41, 5.74) is 5.48. The van der Waals surface area contributed by atoms with Crippen molar-refractivity contribution in [3.63, 3.8) is 0 Å². The highest BCUT2D eigenvalue weighted by Gasteiger charge is 2.09. The number of nitrogens with two attached hydrogens (primary N) is 1. The Hall–Kier alpha value is -2.01. The third-order valence-corrected chi connectivity index (χ3v) is 2.40. The van der Waals surface area contributed by atoms with Gasteiger partial charge in [0.1, 0.15) is 11.6 Å². The zero-order valence-corrected chi connectivity index (χ0v) is 9.11. The molecule has 2 rings (SSSR count). The van der Waals surface area contributed by atoms with Crippen molar-refractivity contribution in [3.05, 3.63) is 52.5 Å². The topological polar surface area (TPSA) is 71.8 Å². The van der Waals surface area contributed by atoms with E-state index in [1.165, 1.54) is 12.3 Å². The predicted octanol–water partition coefficient (Wildman–Crippen LogP) is 1.08. The Morgan fingerprint density at radius 3 is 2.71 bits per heavy atom. The molecule has 0 aliphatic heterocycles. The number of hydrogen-bond donors (Lipinski definition) is 2. The lowest BCUT2D eigenvalue weighted by Crippen LogP contribution is -2.16. The van der Waals surface area contributed by atoms with E-state index in [1.807, 2.05) is 0 Å². The number of hydrogen-bond acceptors (Lipinski definition) is 3. The zero-order valence-electron chi connectivity index (χ0n) is 9.11. The molecule has 0 aliphatic rings. The maximum absolute atomic E-state index is 13.5. The molecule has 0 saturated carbocycles. The molecule has 0 aliphatic carbocycles. The molecule has 0 fully saturated rings. The van der Waals surface area contributed by atoms with E-state index in [4.69, 9.17) is 5.73 Å². The summed E-state index contributed by atoms with van der Waals surface area (Å²) < 4.78 is 13.5. The highest BCUT2D eigenvalue weighted by Crippen LogP contribution is 2.17. The summed E-state index contributed by atoms with van der Waals surface area (Å²) in [4.78, 5) is 18.4. The Balaban J connectivity index is 2.48. The SMILES string of the molecule is NCCc1ncc(-c2ccccc2F)c(=O)[nH]1. The minimum absolute atomic E-state index is 0.226. The number of H-pyrrole nitrogens is 1. The van der Waals surface area contributed by atoms with Crippen LogP contribution in [0, 0.1) is 5.82 Å². The van der Waals surface area contributed by atoms with E-state index >= 15 is 0 Å². The quantitative estimate of drug-likeness (QED) is 0.833. The van der Waals surface area contributed by atoms with Gasteiger partial charge in [0.05, 0.1) is 5.56 Å². The third-order valence-electron chi connectivity index (χ3n) is 2.40. The second kappa shape index (κ2) is 4.88. The molecular weight excluding hydrogens is 221 g/mol. The molecule has 1 aromatic carbocycles. The molecule has 4 nitrogen and oxygen atoms in total. The van der Waals surface area contributed by atoms with Crippen molar-refractivity contribution in [2.75, 3.05) is 6.54 Å². The van der Waals surface area contributed by atoms with Gasteiger partial charge in [0.25, 0.3) is 5.56 Å². The van der Waals surface area contributed by atoms with Gasteiger partial charge >= 0.3 is 0 Å². The van der Waals surface area contributed by atoms with Gasteiger partial charge in [-0.25, -0.2) is 9.37 Å². The van der Waals surface area contributed by atoms with Gasteiger partial charge in [-0.2, -0.15) is 0 Å². The summed E-state index contributed by atoms with van der Waals surface area (Å²) >= 11 is 0. The standard InChI is InChI=1S/C12H12FN3O/c13-10-4-2-1-3-8(10)9-7-15-11(5-6-14)16-12(9)17/h1-4,7H,5-6,14H2,(H,15,16,17). The number of benzene rings is 1. The van der Waals surface area contributed by atoms with Gasteiger partial charge in [-0.1, -0.05) is 18.2 Å². The lowest BCUT2D eigenvalue weighted by atomic mass is 10.1. The fourth-order valence-corrected chi connectivity index (χ4v) is 1.57. The first-order valence-electron chi connectivity index (χ1n) is 5.25. The molecule has 1 heterocycles. The summed E-state index contributed by atoms with van der Waals surface area (Å²) in [5.74, 6) is 0.0731. The normalized spacial score (nSPS) is 10.5. The van der Waals surface area contributed by atoms with Crippen LogP contribution in [0.2, 0.25) is 0 Å². The van der Waals surface area contributed by atoms with Gasteiger partial charge in [-0.05, 0) is 12.6 Å². The zero-order chi connectivity index (χ0) is 12.3. The van der Waals surface area contributed by atoms with Crippen molar-refractivity contribution in [1.29, 1.82) is 0 Å². The average molecular weight is 233 g/mol. The number of aromatic nitrogens is 2. The van der Waals surface area contributed by atoms with Gasteiger partial charge < -0.3 is 10.7 Å². The summed E-state index contributed by atoms with van der Waals surface area (Å²) in [7, 11) is 0. The Labute approximate surface area is 97.3 Å². The van der Waals surface area contributed by atoms with Gasteiger partial charge in [0.2, 0.25) is 0 Å². The summed E-state index contributed by atoms with van der Waals surface area (Å²) in [5, 5.41) is 0. The molecule has 2 aromatic rings. The average Bonchev–Trinajstić information content (AvgIpc) is 2.31. The molecule has 0 amide bonds. The number of aromatic amines is 1. The van der Waals surface area contributed by atoms with Crippen LogP contribution >= 0.6 is 0 Å². The van der Waals surface area contributed by atoms with Crippen LogP contribution in [0.25, 0.3) is 11.1 Å². The number of rotatable bonds is 3. The summed E-state index contributed by atoms with van der Waals surface area (Å²) in [6, 6.07) is 6.10. The Morgan fingerprint density at radius 1 is 1.29 bits per heavy atom. The van der Waals surface area contributed by atoms with Crippen LogP contribution < -0.4 is 11.3 Å². The van der Waals surface area contributed by atoms with Gasteiger partial charge in [0.15, 0.2) is 0 Å².